The van der Waals surface area contributed by atoms with Crippen molar-refractivity contribution in [1.82, 2.24) is 5.16 Å². The number of hydrogen-bond donors (Lipinski definition) is 2. The van der Waals surface area contributed by atoms with Gasteiger partial charge in [-0.3, -0.25) is 14.3 Å². The van der Waals surface area contributed by atoms with Crippen molar-refractivity contribution in [2.24, 2.45) is 0 Å². The largest absolute Gasteiger partial charge is 0.360 e. The standard InChI is InChI=1S/C17H15N3O5S2/c1-10-6-16(19-25-10)18-17(22)15-8-14(9-26-15)27(23,24)20-13-5-3-4-12(7-13)11(2)21/h3-9,20H,1-2H3,(H,18,19,22). The monoisotopic (exact) mass is 405 g/mol. The van der Waals surface area contributed by atoms with Crippen LogP contribution in [0.5, 0.6) is 0 Å². The van der Waals surface area contributed by atoms with Crippen LogP contribution in [0.3, 0.4) is 0 Å². The quantitative estimate of drug-likeness (QED) is 0.608. The van der Waals surface area contributed by atoms with Crippen LogP contribution in [-0.2, 0) is 10.0 Å². The highest BCUT2D eigenvalue weighted by Gasteiger charge is 2.20. The number of anilines is 2. The van der Waals surface area contributed by atoms with E-state index in [1.54, 1.807) is 25.1 Å². The molecule has 0 atom stereocenters. The fraction of sp³-hybridized carbons (Fsp3) is 0.118. The molecule has 1 aromatic carbocycles. The van der Waals surface area contributed by atoms with E-state index in [0.29, 0.717) is 11.3 Å². The number of Topliss-reactive ketones (excluding diaryl/α,β-unsaturated/α-hetero) is 1. The number of aryl methyl sites for hydroxylation is 1. The molecule has 0 aliphatic rings. The third kappa shape index (κ3) is 4.41. The molecule has 140 valence electrons. The van der Waals surface area contributed by atoms with Gasteiger partial charge in [-0.2, -0.15) is 0 Å². The number of carbonyl (C=O) groups excluding carboxylic acids is 2. The van der Waals surface area contributed by atoms with Crippen LogP contribution < -0.4 is 10.0 Å². The zero-order valence-electron chi connectivity index (χ0n) is 14.3. The number of aromatic nitrogens is 1. The van der Waals surface area contributed by atoms with E-state index >= 15 is 0 Å². The lowest BCUT2D eigenvalue weighted by atomic mass is 10.1. The van der Waals surface area contributed by atoms with E-state index in [4.69, 9.17) is 4.52 Å². The zero-order chi connectivity index (χ0) is 19.6. The summed E-state index contributed by atoms with van der Waals surface area (Å²) in [6, 6.07) is 8.99. The highest BCUT2D eigenvalue weighted by Crippen LogP contribution is 2.23. The molecule has 2 N–H and O–H groups in total. The molecule has 8 nitrogen and oxygen atoms in total. The number of sulfonamides is 1. The SMILES string of the molecule is CC(=O)c1cccc(NS(=O)(=O)c2csc(C(=O)Nc3cc(C)on3)c2)c1. The van der Waals surface area contributed by atoms with Gasteiger partial charge in [0.05, 0.1) is 9.77 Å². The Labute approximate surface area is 159 Å². The van der Waals surface area contributed by atoms with Crippen molar-refractivity contribution in [2.45, 2.75) is 18.7 Å². The lowest BCUT2D eigenvalue weighted by Gasteiger charge is -2.07. The molecule has 0 aliphatic carbocycles. The molecule has 0 fully saturated rings. The van der Waals surface area contributed by atoms with Gasteiger partial charge in [0.25, 0.3) is 15.9 Å². The van der Waals surface area contributed by atoms with E-state index in [9.17, 15) is 18.0 Å². The Morgan fingerprint density at radius 3 is 2.63 bits per heavy atom. The van der Waals surface area contributed by atoms with Crippen LogP contribution in [0, 0.1) is 6.92 Å². The second-order valence-electron chi connectivity index (χ2n) is 5.67. The second kappa shape index (κ2) is 7.33. The zero-order valence-corrected chi connectivity index (χ0v) is 16.0. The molecule has 0 aliphatic heterocycles. The van der Waals surface area contributed by atoms with E-state index in [0.717, 1.165) is 11.3 Å². The van der Waals surface area contributed by atoms with Crippen molar-refractivity contribution in [1.29, 1.82) is 0 Å². The Morgan fingerprint density at radius 2 is 1.96 bits per heavy atom. The van der Waals surface area contributed by atoms with Crippen LogP contribution in [0.4, 0.5) is 11.5 Å². The molecule has 0 saturated heterocycles. The van der Waals surface area contributed by atoms with Crippen molar-refractivity contribution in [3.63, 3.8) is 0 Å². The first-order valence-corrected chi connectivity index (χ1v) is 10.1. The fourth-order valence-corrected chi connectivity index (χ4v) is 4.42. The summed E-state index contributed by atoms with van der Waals surface area (Å²) in [4.78, 5) is 23.8. The van der Waals surface area contributed by atoms with Crippen LogP contribution in [-0.4, -0.2) is 25.3 Å². The van der Waals surface area contributed by atoms with Crippen molar-refractivity contribution < 1.29 is 22.5 Å². The molecule has 0 unspecified atom stereocenters. The van der Waals surface area contributed by atoms with Crippen molar-refractivity contribution in [2.75, 3.05) is 10.0 Å². The van der Waals surface area contributed by atoms with Crippen LogP contribution >= 0.6 is 11.3 Å². The molecule has 27 heavy (non-hydrogen) atoms. The Kier molecular flexibility index (Phi) is 5.10. The van der Waals surface area contributed by atoms with E-state index < -0.39 is 15.9 Å². The number of thiophene rings is 1. The summed E-state index contributed by atoms with van der Waals surface area (Å²) < 4.78 is 32.3. The smallest absolute Gasteiger partial charge is 0.267 e. The molecule has 0 spiro atoms. The first-order chi connectivity index (χ1) is 12.7. The topological polar surface area (TPSA) is 118 Å². The van der Waals surface area contributed by atoms with Gasteiger partial charge >= 0.3 is 0 Å². The second-order valence-corrected chi connectivity index (χ2v) is 8.26. The lowest BCUT2D eigenvalue weighted by Crippen LogP contribution is -2.13. The van der Waals surface area contributed by atoms with E-state index in [1.165, 1.54) is 30.5 Å². The third-order valence-corrected chi connectivity index (χ3v) is 5.94. The van der Waals surface area contributed by atoms with Gasteiger partial charge in [-0.1, -0.05) is 17.3 Å². The van der Waals surface area contributed by atoms with E-state index in [-0.39, 0.29) is 27.1 Å². The average Bonchev–Trinajstić information content (AvgIpc) is 3.24. The maximum absolute atomic E-state index is 12.5. The molecule has 0 bridgehead atoms. The highest BCUT2D eigenvalue weighted by molar-refractivity contribution is 7.92. The van der Waals surface area contributed by atoms with Gasteiger partial charge in [0.15, 0.2) is 11.6 Å². The fourth-order valence-electron chi connectivity index (χ4n) is 2.20. The Morgan fingerprint density at radius 1 is 1.19 bits per heavy atom. The number of rotatable bonds is 6. The van der Waals surface area contributed by atoms with Gasteiger partial charge < -0.3 is 9.84 Å². The minimum absolute atomic E-state index is 0.0535. The van der Waals surface area contributed by atoms with Crippen molar-refractivity contribution in [3.05, 3.63) is 58.0 Å². The summed E-state index contributed by atoms with van der Waals surface area (Å²) in [6.45, 7) is 3.08. The average molecular weight is 405 g/mol. The Balaban J connectivity index is 1.77. The van der Waals surface area contributed by atoms with Crippen molar-refractivity contribution >= 4 is 44.6 Å². The van der Waals surface area contributed by atoms with E-state index in [2.05, 4.69) is 15.2 Å². The Bertz CT molecular complexity index is 1120. The minimum atomic E-state index is -3.90. The Hall–Kier alpha value is -2.98. The number of ketones is 1. The predicted molar refractivity (Wildman–Crippen MR) is 101 cm³/mol. The molecule has 10 heteroatoms. The maximum Gasteiger partial charge on any atom is 0.267 e. The number of amides is 1. The van der Waals surface area contributed by atoms with Crippen LogP contribution in [0.1, 0.15) is 32.7 Å². The summed E-state index contributed by atoms with van der Waals surface area (Å²) in [5.41, 5.74) is 0.654. The van der Waals surface area contributed by atoms with Crippen LogP contribution in [0.2, 0.25) is 0 Å². The van der Waals surface area contributed by atoms with Gasteiger partial charge in [-0.15, -0.1) is 11.3 Å². The van der Waals surface area contributed by atoms with Gasteiger partial charge in [0.1, 0.15) is 5.76 Å². The summed E-state index contributed by atoms with van der Waals surface area (Å²) in [5, 5.41) is 7.54. The molecule has 2 heterocycles. The molecule has 0 radical (unpaired) electrons. The molecule has 3 rings (SSSR count). The number of nitrogens with one attached hydrogen (secondary N) is 2. The molecule has 2 aromatic heterocycles. The highest BCUT2D eigenvalue weighted by atomic mass is 32.2. The van der Waals surface area contributed by atoms with Crippen molar-refractivity contribution in [3.8, 4) is 0 Å². The molecule has 3 aromatic rings. The number of benzene rings is 1. The molecule has 1 amide bonds. The first-order valence-electron chi connectivity index (χ1n) is 7.71. The lowest BCUT2D eigenvalue weighted by molar-refractivity contribution is 0.101. The third-order valence-electron chi connectivity index (χ3n) is 3.50. The van der Waals surface area contributed by atoms with Gasteiger partial charge in [-0.05, 0) is 32.0 Å². The van der Waals surface area contributed by atoms with Crippen LogP contribution in [0.25, 0.3) is 0 Å². The number of nitrogens with zero attached hydrogens (tertiary/aromatic N) is 1. The van der Waals surface area contributed by atoms with E-state index in [1.807, 2.05) is 0 Å². The summed E-state index contributed by atoms with van der Waals surface area (Å²) in [7, 11) is -3.90. The maximum atomic E-state index is 12.5. The van der Waals surface area contributed by atoms with Gasteiger partial charge in [-0.25, -0.2) is 8.42 Å². The van der Waals surface area contributed by atoms with Crippen LogP contribution in [0.15, 0.2) is 51.2 Å². The van der Waals surface area contributed by atoms with Gasteiger partial charge in [0, 0.05) is 22.7 Å². The van der Waals surface area contributed by atoms with Gasteiger partial charge in [0.2, 0.25) is 0 Å². The molecular formula is C17H15N3O5S2. The minimum Gasteiger partial charge on any atom is -0.360 e. The summed E-state index contributed by atoms with van der Waals surface area (Å²) in [5.74, 6) is 0.119. The normalized spacial score (nSPS) is 11.2. The number of carbonyl (C=O) groups is 2. The first kappa shape index (κ1) is 18.8. The molecular weight excluding hydrogens is 390 g/mol. The number of hydrogen-bond acceptors (Lipinski definition) is 7. The molecule has 0 saturated carbocycles. The summed E-state index contributed by atoms with van der Waals surface area (Å²) in [6.07, 6.45) is 0. The predicted octanol–water partition coefficient (Wildman–Crippen LogP) is 3.30. The summed E-state index contributed by atoms with van der Waals surface area (Å²) >= 11 is 0.985.